The van der Waals surface area contributed by atoms with Crippen LogP contribution in [0.3, 0.4) is 0 Å². The summed E-state index contributed by atoms with van der Waals surface area (Å²) in [4.78, 5) is 0. The van der Waals surface area contributed by atoms with E-state index in [1.54, 1.807) is 0 Å². The fraction of sp³-hybridized carbons (Fsp3) is 0.500. The first kappa shape index (κ1) is 9.69. The Morgan fingerprint density at radius 2 is 2.14 bits per heavy atom. The van der Waals surface area contributed by atoms with Gasteiger partial charge in [0.05, 0.1) is 6.10 Å². The molecule has 76 valence electrons. The lowest BCUT2D eigenvalue weighted by Gasteiger charge is -2.14. The van der Waals surface area contributed by atoms with Gasteiger partial charge in [0.1, 0.15) is 0 Å². The van der Waals surface area contributed by atoms with Crippen LogP contribution in [0.2, 0.25) is 0 Å². The first-order chi connectivity index (χ1) is 6.86. The Morgan fingerprint density at radius 1 is 1.36 bits per heavy atom. The SMILES string of the molecule is OC(CC1CCNC1)c1ccccc1. The van der Waals surface area contributed by atoms with Crippen molar-refractivity contribution < 1.29 is 5.11 Å². The van der Waals surface area contributed by atoms with Crippen LogP contribution in [0.15, 0.2) is 30.3 Å². The summed E-state index contributed by atoms with van der Waals surface area (Å²) in [5.74, 6) is 0.644. The van der Waals surface area contributed by atoms with Gasteiger partial charge in [0.2, 0.25) is 0 Å². The second kappa shape index (κ2) is 4.58. The van der Waals surface area contributed by atoms with Crippen LogP contribution in [-0.2, 0) is 0 Å². The van der Waals surface area contributed by atoms with Gasteiger partial charge in [-0.05, 0) is 37.4 Å². The summed E-state index contributed by atoms with van der Waals surface area (Å²) in [7, 11) is 0. The number of hydrogen-bond acceptors (Lipinski definition) is 2. The predicted molar refractivity (Wildman–Crippen MR) is 57.0 cm³/mol. The third-order valence-corrected chi connectivity index (χ3v) is 2.90. The molecular formula is C12H17NO. The third kappa shape index (κ3) is 2.34. The predicted octanol–water partition coefficient (Wildman–Crippen LogP) is 1.72. The molecule has 1 aromatic carbocycles. The van der Waals surface area contributed by atoms with Crippen LogP contribution in [0.5, 0.6) is 0 Å². The quantitative estimate of drug-likeness (QED) is 0.762. The van der Waals surface area contributed by atoms with Crippen LogP contribution < -0.4 is 5.32 Å². The standard InChI is InChI=1S/C12H17NO/c14-12(8-10-6-7-13-9-10)11-4-2-1-3-5-11/h1-5,10,12-14H,6-9H2. The van der Waals surface area contributed by atoms with Gasteiger partial charge in [0.15, 0.2) is 0 Å². The Labute approximate surface area is 85.0 Å². The molecule has 0 amide bonds. The molecule has 1 aliphatic rings. The highest BCUT2D eigenvalue weighted by atomic mass is 16.3. The molecule has 2 unspecified atom stereocenters. The Bertz CT molecular complexity index is 267. The molecule has 2 rings (SSSR count). The molecule has 2 heteroatoms. The Balaban J connectivity index is 1.92. The molecular weight excluding hydrogens is 174 g/mol. The van der Waals surface area contributed by atoms with Gasteiger partial charge in [0.25, 0.3) is 0 Å². The van der Waals surface area contributed by atoms with E-state index < -0.39 is 0 Å². The van der Waals surface area contributed by atoms with Gasteiger partial charge < -0.3 is 10.4 Å². The smallest absolute Gasteiger partial charge is 0.0793 e. The van der Waals surface area contributed by atoms with Crippen molar-refractivity contribution in [1.29, 1.82) is 0 Å². The first-order valence-corrected chi connectivity index (χ1v) is 5.30. The molecule has 0 aromatic heterocycles. The average Bonchev–Trinajstić information content (AvgIpc) is 2.72. The lowest BCUT2D eigenvalue weighted by molar-refractivity contribution is 0.147. The van der Waals surface area contributed by atoms with E-state index in [0.717, 1.165) is 25.1 Å². The zero-order chi connectivity index (χ0) is 9.80. The van der Waals surface area contributed by atoms with Gasteiger partial charge in [-0.25, -0.2) is 0 Å². The summed E-state index contributed by atoms with van der Waals surface area (Å²) in [6, 6.07) is 9.92. The molecule has 0 aliphatic carbocycles. The lowest BCUT2D eigenvalue weighted by Crippen LogP contribution is -2.11. The Kier molecular flexibility index (Phi) is 3.17. The molecule has 1 aromatic rings. The Morgan fingerprint density at radius 3 is 2.79 bits per heavy atom. The second-order valence-corrected chi connectivity index (χ2v) is 4.02. The van der Waals surface area contributed by atoms with Crippen LogP contribution in [0.1, 0.15) is 24.5 Å². The number of rotatable bonds is 3. The van der Waals surface area contributed by atoms with Gasteiger partial charge in [-0.15, -0.1) is 0 Å². The van der Waals surface area contributed by atoms with Crippen molar-refractivity contribution in [3.05, 3.63) is 35.9 Å². The minimum absolute atomic E-state index is 0.291. The van der Waals surface area contributed by atoms with Crippen molar-refractivity contribution >= 4 is 0 Å². The maximum Gasteiger partial charge on any atom is 0.0793 e. The summed E-state index contributed by atoms with van der Waals surface area (Å²) in [5, 5.41) is 13.3. The molecule has 1 heterocycles. The molecule has 14 heavy (non-hydrogen) atoms. The highest BCUT2D eigenvalue weighted by Crippen LogP contribution is 2.24. The molecule has 2 N–H and O–H groups in total. The number of nitrogens with one attached hydrogen (secondary N) is 1. The molecule has 2 nitrogen and oxygen atoms in total. The summed E-state index contributed by atoms with van der Waals surface area (Å²) >= 11 is 0. The maximum absolute atomic E-state index is 9.95. The molecule has 1 aliphatic heterocycles. The largest absolute Gasteiger partial charge is 0.388 e. The van der Waals surface area contributed by atoms with E-state index in [-0.39, 0.29) is 6.10 Å². The van der Waals surface area contributed by atoms with E-state index in [4.69, 9.17) is 0 Å². The van der Waals surface area contributed by atoms with Crippen molar-refractivity contribution in [2.75, 3.05) is 13.1 Å². The molecule has 1 fully saturated rings. The van der Waals surface area contributed by atoms with E-state index in [9.17, 15) is 5.11 Å². The third-order valence-electron chi connectivity index (χ3n) is 2.90. The van der Waals surface area contributed by atoms with Crippen molar-refractivity contribution in [3.8, 4) is 0 Å². The molecule has 2 atom stereocenters. The van der Waals surface area contributed by atoms with Crippen molar-refractivity contribution in [2.45, 2.75) is 18.9 Å². The van der Waals surface area contributed by atoms with Gasteiger partial charge in [-0.2, -0.15) is 0 Å². The summed E-state index contributed by atoms with van der Waals surface area (Å²) in [5.41, 5.74) is 1.04. The van der Waals surface area contributed by atoms with Crippen molar-refractivity contribution in [3.63, 3.8) is 0 Å². The molecule has 0 bridgehead atoms. The summed E-state index contributed by atoms with van der Waals surface area (Å²) in [6.07, 6.45) is 1.79. The number of hydrogen-bond donors (Lipinski definition) is 2. The van der Waals surface area contributed by atoms with Crippen molar-refractivity contribution in [2.24, 2.45) is 5.92 Å². The minimum Gasteiger partial charge on any atom is -0.388 e. The molecule has 0 radical (unpaired) electrons. The van der Waals surface area contributed by atoms with Gasteiger partial charge >= 0.3 is 0 Å². The summed E-state index contributed by atoms with van der Waals surface area (Å²) in [6.45, 7) is 2.16. The molecule has 0 spiro atoms. The highest BCUT2D eigenvalue weighted by Gasteiger charge is 2.18. The van der Waals surface area contributed by atoms with E-state index in [1.165, 1.54) is 6.42 Å². The Hall–Kier alpha value is -0.860. The molecule has 1 saturated heterocycles. The summed E-state index contributed by atoms with van der Waals surface area (Å²) < 4.78 is 0. The average molecular weight is 191 g/mol. The van der Waals surface area contributed by atoms with E-state index in [1.807, 2.05) is 30.3 Å². The topological polar surface area (TPSA) is 32.3 Å². The zero-order valence-corrected chi connectivity index (χ0v) is 8.32. The fourth-order valence-corrected chi connectivity index (χ4v) is 2.04. The molecule has 0 saturated carbocycles. The first-order valence-electron chi connectivity index (χ1n) is 5.30. The highest BCUT2D eigenvalue weighted by molar-refractivity contribution is 5.17. The zero-order valence-electron chi connectivity index (χ0n) is 8.32. The minimum atomic E-state index is -0.291. The fourth-order valence-electron chi connectivity index (χ4n) is 2.04. The normalized spacial score (nSPS) is 23.6. The van der Waals surface area contributed by atoms with Gasteiger partial charge in [-0.1, -0.05) is 30.3 Å². The van der Waals surface area contributed by atoms with E-state index in [2.05, 4.69) is 5.32 Å². The van der Waals surface area contributed by atoms with Gasteiger partial charge in [-0.3, -0.25) is 0 Å². The van der Waals surface area contributed by atoms with E-state index in [0.29, 0.717) is 5.92 Å². The maximum atomic E-state index is 9.95. The lowest BCUT2D eigenvalue weighted by atomic mass is 9.96. The number of aliphatic hydroxyl groups is 1. The van der Waals surface area contributed by atoms with Crippen LogP contribution in [0.25, 0.3) is 0 Å². The van der Waals surface area contributed by atoms with Crippen LogP contribution >= 0.6 is 0 Å². The van der Waals surface area contributed by atoms with Crippen molar-refractivity contribution in [1.82, 2.24) is 5.32 Å². The van der Waals surface area contributed by atoms with Crippen LogP contribution in [-0.4, -0.2) is 18.2 Å². The number of benzene rings is 1. The van der Waals surface area contributed by atoms with Gasteiger partial charge in [0, 0.05) is 0 Å². The van der Waals surface area contributed by atoms with E-state index >= 15 is 0 Å². The monoisotopic (exact) mass is 191 g/mol. The number of aliphatic hydroxyl groups excluding tert-OH is 1. The van der Waals surface area contributed by atoms with Crippen LogP contribution in [0, 0.1) is 5.92 Å². The second-order valence-electron chi connectivity index (χ2n) is 4.02. The van der Waals surface area contributed by atoms with Crippen LogP contribution in [0.4, 0.5) is 0 Å².